The van der Waals surface area contributed by atoms with Gasteiger partial charge in [-0.1, -0.05) is 61.3 Å². The number of hydrogen-bond donors (Lipinski definition) is 1. The van der Waals surface area contributed by atoms with Crippen LogP contribution in [-0.2, 0) is 6.54 Å². The molecule has 1 aliphatic rings. The fourth-order valence-corrected chi connectivity index (χ4v) is 4.43. The van der Waals surface area contributed by atoms with Gasteiger partial charge in [-0.3, -0.25) is 4.79 Å². The number of carbonyl (C=O) groups is 1. The van der Waals surface area contributed by atoms with E-state index >= 15 is 0 Å². The molecule has 1 aromatic heterocycles. The standard InChI is InChI=1S/C29H39N3O3.C4H10.C2H7N/c1-6-13-32-25-18-23(29(33)31(14-11-20(2)3)15-12-21(4)5)7-9-24(25)30-28(32)22-8-10-26-27(19-22)35-17-16-34-26;1-3-4-2;1-3-2/h7-10,18-21H,6,11-17H2,1-5H3;3-4H2,1-2H3;3H,1-2H3. The van der Waals surface area contributed by atoms with Crippen LogP contribution in [0.4, 0.5) is 0 Å². The van der Waals surface area contributed by atoms with Gasteiger partial charge in [-0.2, -0.15) is 0 Å². The topological polar surface area (TPSA) is 68.6 Å². The van der Waals surface area contributed by atoms with Gasteiger partial charge in [0.2, 0.25) is 0 Å². The summed E-state index contributed by atoms with van der Waals surface area (Å²) in [6.07, 6.45) is 5.62. The van der Waals surface area contributed by atoms with Crippen LogP contribution in [-0.4, -0.2) is 60.8 Å². The van der Waals surface area contributed by atoms with Crippen LogP contribution in [0.3, 0.4) is 0 Å². The summed E-state index contributed by atoms with van der Waals surface area (Å²) in [5, 5.41) is 2.75. The first kappa shape index (κ1) is 35.1. The van der Waals surface area contributed by atoms with E-state index in [2.05, 4.69) is 58.4 Å². The van der Waals surface area contributed by atoms with E-state index in [-0.39, 0.29) is 5.91 Å². The lowest BCUT2D eigenvalue weighted by Crippen LogP contribution is -2.34. The molecule has 1 amide bonds. The van der Waals surface area contributed by atoms with Crippen molar-refractivity contribution in [2.45, 2.75) is 87.1 Å². The van der Waals surface area contributed by atoms with Gasteiger partial charge in [-0.05, 0) is 81.6 Å². The summed E-state index contributed by atoms with van der Waals surface area (Å²) >= 11 is 0. The maximum Gasteiger partial charge on any atom is 0.253 e. The molecular weight excluding hydrogens is 524 g/mol. The highest BCUT2D eigenvalue weighted by Gasteiger charge is 2.21. The molecule has 42 heavy (non-hydrogen) atoms. The molecule has 0 unspecified atom stereocenters. The predicted molar refractivity (Wildman–Crippen MR) is 177 cm³/mol. The molecule has 0 fully saturated rings. The van der Waals surface area contributed by atoms with Crippen molar-refractivity contribution < 1.29 is 14.3 Å². The summed E-state index contributed by atoms with van der Waals surface area (Å²) < 4.78 is 13.7. The van der Waals surface area contributed by atoms with Crippen LogP contribution in [0.5, 0.6) is 11.5 Å². The maximum absolute atomic E-state index is 13.6. The molecule has 1 N–H and O–H groups in total. The van der Waals surface area contributed by atoms with E-state index in [1.165, 1.54) is 12.8 Å². The lowest BCUT2D eigenvalue weighted by molar-refractivity contribution is 0.0741. The summed E-state index contributed by atoms with van der Waals surface area (Å²) in [5.41, 5.74) is 3.62. The first-order chi connectivity index (χ1) is 20.2. The van der Waals surface area contributed by atoms with Gasteiger partial charge in [0.15, 0.2) is 11.5 Å². The normalized spacial score (nSPS) is 12.1. The van der Waals surface area contributed by atoms with Crippen LogP contribution in [0.1, 0.15) is 90.9 Å². The minimum atomic E-state index is 0.110. The van der Waals surface area contributed by atoms with Gasteiger partial charge >= 0.3 is 0 Å². The van der Waals surface area contributed by atoms with Gasteiger partial charge in [0.1, 0.15) is 19.0 Å². The summed E-state index contributed by atoms with van der Waals surface area (Å²) in [4.78, 5) is 20.6. The monoisotopic (exact) mass is 580 g/mol. The SMILES string of the molecule is CCCC.CCCn1c(-c2ccc3c(c2)OCCO3)nc2ccc(C(=O)N(CCC(C)C)CCC(C)C)cc21.CNC. The second-order valence-electron chi connectivity index (χ2n) is 11.8. The molecule has 2 heterocycles. The third kappa shape index (κ3) is 10.3. The minimum Gasteiger partial charge on any atom is -0.486 e. The van der Waals surface area contributed by atoms with E-state index in [1.54, 1.807) is 0 Å². The summed E-state index contributed by atoms with van der Waals surface area (Å²) in [7, 11) is 3.75. The first-order valence-electron chi connectivity index (χ1n) is 16.0. The van der Waals surface area contributed by atoms with Crippen LogP contribution >= 0.6 is 0 Å². The van der Waals surface area contributed by atoms with Crippen molar-refractivity contribution in [3.8, 4) is 22.9 Å². The zero-order valence-electron chi connectivity index (χ0n) is 27.8. The number of ether oxygens (including phenoxy) is 2. The number of carbonyl (C=O) groups excluding carboxylic acids is 1. The van der Waals surface area contributed by atoms with Crippen LogP contribution in [0, 0.1) is 11.8 Å². The Morgan fingerprint density at radius 1 is 0.881 bits per heavy atom. The molecule has 0 bridgehead atoms. The molecule has 0 aliphatic carbocycles. The van der Waals surface area contributed by atoms with E-state index in [1.807, 2.05) is 55.4 Å². The molecule has 2 aromatic carbocycles. The second-order valence-corrected chi connectivity index (χ2v) is 11.8. The van der Waals surface area contributed by atoms with Crippen molar-refractivity contribution in [1.29, 1.82) is 0 Å². The third-order valence-electron chi connectivity index (χ3n) is 6.98. The van der Waals surface area contributed by atoms with Crippen LogP contribution < -0.4 is 14.8 Å². The van der Waals surface area contributed by atoms with Gasteiger partial charge in [0.25, 0.3) is 5.91 Å². The number of aryl methyl sites for hydroxylation is 1. The predicted octanol–water partition coefficient (Wildman–Crippen LogP) is 8.06. The Morgan fingerprint density at radius 2 is 1.48 bits per heavy atom. The second kappa shape index (κ2) is 18.5. The molecule has 3 aromatic rings. The van der Waals surface area contributed by atoms with Crippen molar-refractivity contribution in [1.82, 2.24) is 19.8 Å². The van der Waals surface area contributed by atoms with Crippen molar-refractivity contribution in [3.05, 3.63) is 42.0 Å². The number of amides is 1. The number of nitrogens with one attached hydrogen (secondary N) is 1. The molecule has 0 saturated heterocycles. The molecule has 7 heteroatoms. The Kier molecular flexibility index (Phi) is 15.5. The molecule has 0 atom stereocenters. The minimum absolute atomic E-state index is 0.110. The fraction of sp³-hybridized carbons (Fsp3) is 0.600. The lowest BCUT2D eigenvalue weighted by atomic mass is 10.1. The number of hydrogen-bond acceptors (Lipinski definition) is 5. The molecule has 7 nitrogen and oxygen atoms in total. The van der Waals surface area contributed by atoms with Gasteiger partial charge in [-0.15, -0.1) is 0 Å². The lowest BCUT2D eigenvalue weighted by Gasteiger charge is -2.24. The Morgan fingerprint density at radius 3 is 2.02 bits per heavy atom. The zero-order chi connectivity index (χ0) is 31.1. The summed E-state index contributed by atoms with van der Waals surface area (Å²) in [5.74, 6) is 3.65. The van der Waals surface area contributed by atoms with Crippen LogP contribution in [0.25, 0.3) is 22.4 Å². The quantitative estimate of drug-likeness (QED) is 0.248. The highest BCUT2D eigenvalue weighted by atomic mass is 16.6. The zero-order valence-corrected chi connectivity index (χ0v) is 27.8. The van der Waals surface area contributed by atoms with Crippen LogP contribution in [0.2, 0.25) is 0 Å². The van der Waals surface area contributed by atoms with Crippen molar-refractivity contribution in [2.75, 3.05) is 40.4 Å². The number of unbranched alkanes of at least 4 members (excludes halogenated alkanes) is 1. The highest BCUT2D eigenvalue weighted by molar-refractivity contribution is 5.98. The Labute approximate surface area is 255 Å². The van der Waals surface area contributed by atoms with E-state index < -0.39 is 0 Å². The first-order valence-corrected chi connectivity index (χ1v) is 16.0. The number of fused-ring (bicyclic) bond motifs is 2. The number of benzene rings is 2. The Hall–Kier alpha value is -3.06. The number of imidazole rings is 1. The van der Waals surface area contributed by atoms with Crippen LogP contribution in [0.15, 0.2) is 36.4 Å². The number of aromatic nitrogens is 2. The molecule has 1 aliphatic heterocycles. The van der Waals surface area contributed by atoms with E-state index in [4.69, 9.17) is 14.5 Å². The van der Waals surface area contributed by atoms with E-state index in [0.29, 0.717) is 25.0 Å². The third-order valence-corrected chi connectivity index (χ3v) is 6.98. The summed E-state index contributed by atoms with van der Waals surface area (Å²) in [6, 6.07) is 11.9. The van der Waals surface area contributed by atoms with Gasteiger partial charge in [-0.25, -0.2) is 4.98 Å². The smallest absolute Gasteiger partial charge is 0.253 e. The van der Waals surface area contributed by atoms with Gasteiger partial charge < -0.3 is 24.3 Å². The Balaban J connectivity index is 0.000000797. The fourth-order valence-electron chi connectivity index (χ4n) is 4.43. The van der Waals surface area contributed by atoms with E-state index in [9.17, 15) is 4.79 Å². The van der Waals surface area contributed by atoms with Gasteiger partial charge in [0.05, 0.1) is 11.0 Å². The highest BCUT2D eigenvalue weighted by Crippen LogP contribution is 2.35. The average Bonchev–Trinajstić information content (AvgIpc) is 3.34. The molecule has 0 spiro atoms. The van der Waals surface area contributed by atoms with Crippen molar-refractivity contribution >= 4 is 16.9 Å². The Bertz CT molecular complexity index is 1200. The van der Waals surface area contributed by atoms with Crippen molar-refractivity contribution in [2.24, 2.45) is 11.8 Å². The molecule has 0 radical (unpaired) electrons. The number of nitrogens with zero attached hydrogens (tertiary/aromatic N) is 3. The molecule has 0 saturated carbocycles. The average molecular weight is 581 g/mol. The maximum atomic E-state index is 13.6. The van der Waals surface area contributed by atoms with E-state index in [0.717, 1.165) is 78.4 Å². The molecule has 4 rings (SSSR count). The molecular formula is C35H56N4O3. The summed E-state index contributed by atoms with van der Waals surface area (Å²) in [6.45, 7) is 18.9. The van der Waals surface area contributed by atoms with Gasteiger partial charge in [0, 0.05) is 30.8 Å². The molecule has 234 valence electrons. The largest absolute Gasteiger partial charge is 0.486 e. The van der Waals surface area contributed by atoms with Crippen molar-refractivity contribution in [3.63, 3.8) is 0 Å². The number of rotatable bonds is 11.